The molecule has 2 aromatic carbocycles. The summed E-state index contributed by atoms with van der Waals surface area (Å²) in [6.07, 6.45) is 1.86. The monoisotopic (exact) mass is 276 g/mol. The Morgan fingerprint density at radius 2 is 1.71 bits per heavy atom. The quantitative estimate of drug-likeness (QED) is 0.631. The van der Waals surface area contributed by atoms with Gasteiger partial charge in [-0.3, -0.25) is 4.98 Å². The molecule has 0 radical (unpaired) electrons. The van der Waals surface area contributed by atoms with Crippen molar-refractivity contribution in [1.29, 1.82) is 0 Å². The Morgan fingerprint density at radius 1 is 0.905 bits per heavy atom. The van der Waals surface area contributed by atoms with Crippen molar-refractivity contribution < 1.29 is 0 Å². The zero-order valence-electron chi connectivity index (χ0n) is 13.0. The van der Waals surface area contributed by atoms with Gasteiger partial charge >= 0.3 is 0 Å². The van der Waals surface area contributed by atoms with E-state index < -0.39 is 0 Å². The maximum Gasteiger partial charge on any atom is 0.0894 e. The molecule has 0 amide bonds. The molecule has 2 heteroatoms. The minimum atomic E-state index is 0.136. The third kappa shape index (κ3) is 2.80. The van der Waals surface area contributed by atoms with Crippen LogP contribution < -0.4 is 0 Å². The second-order valence-electron chi connectivity index (χ2n) is 6.58. The summed E-state index contributed by atoms with van der Waals surface area (Å²) < 4.78 is 0. The molecular formula is C19H20N2. The van der Waals surface area contributed by atoms with Gasteiger partial charge in [0.25, 0.3) is 0 Å². The van der Waals surface area contributed by atoms with Gasteiger partial charge in [0.15, 0.2) is 0 Å². The average Bonchev–Trinajstić information content (AvgIpc) is 2.46. The third-order valence-corrected chi connectivity index (χ3v) is 3.72. The highest BCUT2D eigenvalue weighted by Gasteiger charge is 2.14. The number of nitrogens with zero attached hydrogens (tertiary/aromatic N) is 2. The third-order valence-electron chi connectivity index (χ3n) is 3.72. The van der Waals surface area contributed by atoms with Crippen LogP contribution in [0.5, 0.6) is 0 Å². The van der Waals surface area contributed by atoms with Crippen LogP contribution in [0.1, 0.15) is 31.9 Å². The molecule has 0 N–H and O–H groups in total. The molecular weight excluding hydrogens is 256 g/mol. The first kappa shape index (κ1) is 13.7. The number of aromatic nitrogens is 2. The van der Waals surface area contributed by atoms with Crippen molar-refractivity contribution in [1.82, 2.24) is 9.97 Å². The van der Waals surface area contributed by atoms with E-state index in [9.17, 15) is 0 Å². The van der Waals surface area contributed by atoms with Gasteiger partial charge < -0.3 is 0 Å². The van der Waals surface area contributed by atoms with Crippen molar-refractivity contribution in [2.75, 3.05) is 0 Å². The molecule has 106 valence electrons. The molecule has 0 saturated carbocycles. The zero-order valence-corrected chi connectivity index (χ0v) is 13.0. The van der Waals surface area contributed by atoms with E-state index in [-0.39, 0.29) is 5.41 Å². The van der Waals surface area contributed by atoms with Crippen LogP contribution in [0.2, 0.25) is 0 Å². The number of rotatable bonds is 1. The van der Waals surface area contributed by atoms with Crippen LogP contribution >= 0.6 is 0 Å². The molecule has 2 nitrogen and oxygen atoms in total. The molecule has 1 heterocycles. The lowest BCUT2D eigenvalue weighted by molar-refractivity contribution is 0.590. The zero-order chi connectivity index (χ0) is 15.0. The molecule has 0 aliphatic carbocycles. The van der Waals surface area contributed by atoms with Crippen LogP contribution in [0.25, 0.3) is 22.3 Å². The van der Waals surface area contributed by atoms with E-state index in [1.54, 1.807) is 0 Å². The smallest absolute Gasteiger partial charge is 0.0894 e. The summed E-state index contributed by atoms with van der Waals surface area (Å²) in [7, 11) is 0. The summed E-state index contributed by atoms with van der Waals surface area (Å²) in [5.41, 5.74) is 6.60. The first-order chi connectivity index (χ1) is 9.93. The number of hydrogen-bond donors (Lipinski definition) is 0. The van der Waals surface area contributed by atoms with E-state index in [0.717, 1.165) is 22.3 Å². The molecule has 21 heavy (non-hydrogen) atoms. The SMILES string of the molecule is Cc1ccc2nc(-c3cccc(C(C)(C)C)c3)cnc2c1. The van der Waals surface area contributed by atoms with Crippen LogP contribution in [0.4, 0.5) is 0 Å². The Balaban J connectivity index is 2.10. The fraction of sp³-hybridized carbons (Fsp3) is 0.263. The van der Waals surface area contributed by atoms with Crippen LogP contribution in [-0.4, -0.2) is 9.97 Å². The lowest BCUT2D eigenvalue weighted by Gasteiger charge is -2.19. The lowest BCUT2D eigenvalue weighted by atomic mass is 9.86. The molecule has 0 bridgehead atoms. The van der Waals surface area contributed by atoms with Gasteiger partial charge in [-0.2, -0.15) is 0 Å². The Hall–Kier alpha value is -2.22. The number of fused-ring (bicyclic) bond motifs is 1. The van der Waals surface area contributed by atoms with Crippen LogP contribution in [0, 0.1) is 6.92 Å². The van der Waals surface area contributed by atoms with E-state index in [1.165, 1.54) is 11.1 Å². The largest absolute Gasteiger partial charge is 0.252 e. The van der Waals surface area contributed by atoms with E-state index in [4.69, 9.17) is 4.98 Å². The first-order valence-electron chi connectivity index (χ1n) is 7.28. The van der Waals surface area contributed by atoms with Gasteiger partial charge in [0.1, 0.15) is 0 Å². The summed E-state index contributed by atoms with van der Waals surface area (Å²) >= 11 is 0. The van der Waals surface area contributed by atoms with Gasteiger partial charge in [-0.15, -0.1) is 0 Å². The van der Waals surface area contributed by atoms with Gasteiger partial charge in [-0.05, 0) is 41.7 Å². The predicted molar refractivity (Wildman–Crippen MR) is 88.4 cm³/mol. The van der Waals surface area contributed by atoms with Gasteiger partial charge in [0.05, 0.1) is 22.9 Å². The normalized spacial score (nSPS) is 11.8. The van der Waals surface area contributed by atoms with E-state index in [0.29, 0.717) is 0 Å². The number of hydrogen-bond acceptors (Lipinski definition) is 2. The Bertz CT molecular complexity index is 798. The van der Waals surface area contributed by atoms with Gasteiger partial charge in [0.2, 0.25) is 0 Å². The molecule has 1 aromatic heterocycles. The summed E-state index contributed by atoms with van der Waals surface area (Å²) in [5.74, 6) is 0. The molecule has 0 fully saturated rings. The first-order valence-corrected chi connectivity index (χ1v) is 7.28. The fourth-order valence-electron chi connectivity index (χ4n) is 2.40. The molecule has 0 spiro atoms. The van der Waals surface area contributed by atoms with Crippen LogP contribution in [0.15, 0.2) is 48.7 Å². The van der Waals surface area contributed by atoms with Crippen molar-refractivity contribution in [3.63, 3.8) is 0 Å². The van der Waals surface area contributed by atoms with Crippen molar-refractivity contribution in [2.24, 2.45) is 0 Å². The standard InChI is InChI=1S/C19H20N2/c1-13-8-9-16-17(10-13)20-12-18(21-16)14-6-5-7-15(11-14)19(2,3)4/h5-12H,1-4H3. The second kappa shape index (κ2) is 4.96. The van der Waals surface area contributed by atoms with Gasteiger partial charge in [0, 0.05) is 5.56 Å². The molecule has 3 rings (SSSR count). The van der Waals surface area contributed by atoms with E-state index in [1.807, 2.05) is 12.3 Å². The van der Waals surface area contributed by atoms with Crippen LogP contribution in [-0.2, 0) is 5.41 Å². The molecule has 0 aliphatic rings. The predicted octanol–water partition coefficient (Wildman–Crippen LogP) is 4.90. The summed E-state index contributed by atoms with van der Waals surface area (Å²) in [5, 5.41) is 0. The molecule has 3 aromatic rings. The summed E-state index contributed by atoms with van der Waals surface area (Å²) in [6, 6.07) is 14.8. The average molecular weight is 276 g/mol. The highest BCUT2D eigenvalue weighted by atomic mass is 14.8. The van der Waals surface area contributed by atoms with Crippen molar-refractivity contribution in [3.8, 4) is 11.3 Å². The second-order valence-corrected chi connectivity index (χ2v) is 6.58. The lowest BCUT2D eigenvalue weighted by Crippen LogP contribution is -2.10. The highest BCUT2D eigenvalue weighted by Crippen LogP contribution is 2.27. The minimum Gasteiger partial charge on any atom is -0.252 e. The fourth-order valence-corrected chi connectivity index (χ4v) is 2.40. The molecule has 0 saturated heterocycles. The van der Waals surface area contributed by atoms with Gasteiger partial charge in [-0.25, -0.2) is 4.98 Å². The Morgan fingerprint density at radius 3 is 2.48 bits per heavy atom. The molecule has 0 unspecified atom stereocenters. The summed E-state index contributed by atoms with van der Waals surface area (Å²) in [6.45, 7) is 8.74. The number of aryl methyl sites for hydroxylation is 1. The summed E-state index contributed by atoms with van der Waals surface area (Å²) in [4.78, 5) is 9.29. The maximum atomic E-state index is 4.75. The Kier molecular flexibility index (Phi) is 3.25. The number of benzene rings is 2. The van der Waals surface area contributed by atoms with Gasteiger partial charge in [-0.1, -0.05) is 45.0 Å². The van der Waals surface area contributed by atoms with Crippen molar-refractivity contribution in [2.45, 2.75) is 33.1 Å². The van der Waals surface area contributed by atoms with Crippen LogP contribution in [0.3, 0.4) is 0 Å². The maximum absolute atomic E-state index is 4.75. The minimum absolute atomic E-state index is 0.136. The van der Waals surface area contributed by atoms with E-state index >= 15 is 0 Å². The molecule has 0 atom stereocenters. The van der Waals surface area contributed by atoms with E-state index in [2.05, 4.69) is 69.1 Å². The Labute approximate surface area is 125 Å². The highest BCUT2D eigenvalue weighted by molar-refractivity contribution is 5.77. The molecule has 0 aliphatic heterocycles. The van der Waals surface area contributed by atoms with Crippen molar-refractivity contribution in [3.05, 3.63) is 59.8 Å². The topological polar surface area (TPSA) is 25.8 Å². The van der Waals surface area contributed by atoms with Crippen molar-refractivity contribution >= 4 is 11.0 Å².